The fourth-order valence-electron chi connectivity index (χ4n) is 4.56. The Morgan fingerprint density at radius 3 is 2.12 bits per heavy atom. The molecule has 0 spiro atoms. The second-order valence-electron chi connectivity index (χ2n) is 8.63. The van der Waals surface area contributed by atoms with Crippen LogP contribution in [0.2, 0.25) is 0 Å². The van der Waals surface area contributed by atoms with Crippen molar-refractivity contribution in [3.8, 4) is 17.2 Å². The number of hydrogen-bond acceptors (Lipinski definition) is 8. The molecular weight excluding hydrogens is 428 g/mol. The summed E-state index contributed by atoms with van der Waals surface area (Å²) in [6.45, 7) is 3.01. The van der Waals surface area contributed by atoms with Gasteiger partial charge in [0.1, 0.15) is 12.7 Å². The Labute approximate surface area is 195 Å². The highest BCUT2D eigenvalue weighted by atomic mass is 16.5. The highest BCUT2D eigenvalue weighted by molar-refractivity contribution is 5.91. The number of aliphatic hydroxyl groups is 1. The minimum absolute atomic E-state index is 0.128. The molecule has 1 atom stereocenters. The van der Waals surface area contributed by atoms with E-state index in [1.54, 1.807) is 0 Å². The molecule has 1 saturated heterocycles. The van der Waals surface area contributed by atoms with Crippen LogP contribution in [0, 0.1) is 5.92 Å². The number of benzene rings is 1. The smallest absolute Gasteiger partial charge is 0.338 e. The minimum Gasteiger partial charge on any atom is -0.493 e. The van der Waals surface area contributed by atoms with Crippen LogP contribution in [0.5, 0.6) is 17.2 Å². The number of ether oxygens (including phenoxy) is 4. The molecule has 3 rings (SSSR count). The number of piperazine rings is 1. The number of β-amino-alcohol motifs (C(OH)–C–C–N with tert-alkyl or cyclic N) is 1. The molecule has 1 amide bonds. The van der Waals surface area contributed by atoms with Gasteiger partial charge >= 0.3 is 5.97 Å². The number of methoxy groups -OCH3 is 3. The fourth-order valence-corrected chi connectivity index (χ4v) is 4.56. The van der Waals surface area contributed by atoms with Gasteiger partial charge in [-0.2, -0.15) is 0 Å². The zero-order chi connectivity index (χ0) is 23.8. The van der Waals surface area contributed by atoms with Crippen LogP contribution in [0.25, 0.3) is 0 Å². The maximum Gasteiger partial charge on any atom is 0.338 e. The van der Waals surface area contributed by atoms with Gasteiger partial charge < -0.3 is 29.0 Å². The number of hydrogen-bond donors (Lipinski definition) is 1. The van der Waals surface area contributed by atoms with Gasteiger partial charge in [-0.15, -0.1) is 0 Å². The molecule has 9 heteroatoms. The van der Waals surface area contributed by atoms with E-state index in [-0.39, 0.29) is 24.0 Å². The summed E-state index contributed by atoms with van der Waals surface area (Å²) in [6.07, 6.45) is 4.73. The zero-order valence-electron chi connectivity index (χ0n) is 19.9. The Kier molecular flexibility index (Phi) is 9.20. The summed E-state index contributed by atoms with van der Waals surface area (Å²) in [5.41, 5.74) is 0.242. The van der Waals surface area contributed by atoms with Crippen molar-refractivity contribution in [3.63, 3.8) is 0 Å². The molecular formula is C24H36N2O7. The first kappa shape index (κ1) is 25.1. The van der Waals surface area contributed by atoms with Crippen molar-refractivity contribution < 1.29 is 33.6 Å². The van der Waals surface area contributed by atoms with Gasteiger partial charge in [0, 0.05) is 38.6 Å². The van der Waals surface area contributed by atoms with E-state index in [1.807, 2.05) is 4.90 Å². The van der Waals surface area contributed by atoms with Crippen molar-refractivity contribution in [2.75, 3.05) is 60.7 Å². The lowest BCUT2D eigenvalue weighted by molar-refractivity contribution is -0.138. The Morgan fingerprint density at radius 2 is 1.58 bits per heavy atom. The van der Waals surface area contributed by atoms with Gasteiger partial charge in [-0.3, -0.25) is 9.69 Å². The van der Waals surface area contributed by atoms with Crippen LogP contribution in [0.15, 0.2) is 12.1 Å². The number of amides is 1. The third-order valence-corrected chi connectivity index (χ3v) is 6.41. The average molecular weight is 465 g/mol. The van der Waals surface area contributed by atoms with Crippen molar-refractivity contribution >= 4 is 11.9 Å². The molecule has 184 valence electrons. The van der Waals surface area contributed by atoms with E-state index in [0.717, 1.165) is 25.7 Å². The second kappa shape index (κ2) is 12.1. The molecule has 1 saturated carbocycles. The van der Waals surface area contributed by atoms with Gasteiger partial charge in [0.25, 0.3) is 0 Å². The van der Waals surface area contributed by atoms with E-state index >= 15 is 0 Å². The number of carbonyl (C=O) groups is 2. The largest absolute Gasteiger partial charge is 0.493 e. The van der Waals surface area contributed by atoms with Crippen LogP contribution < -0.4 is 14.2 Å². The van der Waals surface area contributed by atoms with Crippen LogP contribution in [0.3, 0.4) is 0 Å². The van der Waals surface area contributed by atoms with Crippen molar-refractivity contribution in [1.82, 2.24) is 9.80 Å². The van der Waals surface area contributed by atoms with Gasteiger partial charge in [0.05, 0.1) is 26.9 Å². The van der Waals surface area contributed by atoms with E-state index in [1.165, 1.54) is 39.9 Å². The van der Waals surface area contributed by atoms with E-state index in [4.69, 9.17) is 18.9 Å². The maximum atomic E-state index is 12.7. The summed E-state index contributed by atoms with van der Waals surface area (Å²) in [5.74, 6) is 0.976. The summed E-state index contributed by atoms with van der Waals surface area (Å²) in [4.78, 5) is 29.3. The van der Waals surface area contributed by atoms with Crippen molar-refractivity contribution in [1.29, 1.82) is 0 Å². The number of esters is 1. The lowest BCUT2D eigenvalue weighted by atomic mass is 9.88. The van der Waals surface area contributed by atoms with Crippen molar-refractivity contribution in [2.45, 2.75) is 38.2 Å². The van der Waals surface area contributed by atoms with E-state index < -0.39 is 12.1 Å². The first-order valence-corrected chi connectivity index (χ1v) is 11.6. The van der Waals surface area contributed by atoms with Crippen LogP contribution in [-0.4, -0.2) is 93.5 Å². The van der Waals surface area contributed by atoms with Gasteiger partial charge in [0.2, 0.25) is 11.7 Å². The predicted molar refractivity (Wildman–Crippen MR) is 122 cm³/mol. The first-order valence-electron chi connectivity index (χ1n) is 11.6. The monoisotopic (exact) mass is 464 g/mol. The molecule has 2 fully saturated rings. The summed E-state index contributed by atoms with van der Waals surface area (Å²) in [7, 11) is 4.43. The van der Waals surface area contributed by atoms with Crippen molar-refractivity contribution in [2.24, 2.45) is 5.92 Å². The summed E-state index contributed by atoms with van der Waals surface area (Å²) < 4.78 is 21.1. The molecule has 1 aliphatic carbocycles. The Morgan fingerprint density at radius 1 is 0.970 bits per heavy atom. The number of rotatable bonds is 9. The molecule has 1 unspecified atom stereocenters. The Bertz CT molecular complexity index is 777. The Balaban J connectivity index is 1.45. The summed E-state index contributed by atoms with van der Waals surface area (Å²) in [6, 6.07) is 3.03. The number of carbonyl (C=O) groups excluding carboxylic acids is 2. The van der Waals surface area contributed by atoms with Crippen LogP contribution >= 0.6 is 0 Å². The van der Waals surface area contributed by atoms with E-state index in [2.05, 4.69) is 4.90 Å². The Hall–Kier alpha value is -2.52. The molecule has 33 heavy (non-hydrogen) atoms. The summed E-state index contributed by atoms with van der Waals surface area (Å²) >= 11 is 0. The number of aliphatic hydroxyl groups excluding tert-OH is 1. The second-order valence-corrected chi connectivity index (χ2v) is 8.63. The van der Waals surface area contributed by atoms with Crippen LogP contribution in [0.4, 0.5) is 0 Å². The number of nitrogens with zero attached hydrogens (tertiary/aromatic N) is 2. The normalized spacial score (nSPS) is 18.5. The maximum absolute atomic E-state index is 12.7. The third kappa shape index (κ3) is 6.51. The molecule has 1 aliphatic heterocycles. The van der Waals surface area contributed by atoms with E-state index in [0.29, 0.717) is 50.0 Å². The predicted octanol–water partition coefficient (Wildman–Crippen LogP) is 1.95. The summed E-state index contributed by atoms with van der Waals surface area (Å²) in [5, 5.41) is 10.4. The quantitative estimate of drug-likeness (QED) is 0.554. The third-order valence-electron chi connectivity index (χ3n) is 6.41. The lowest BCUT2D eigenvalue weighted by Crippen LogP contribution is -2.52. The first-order chi connectivity index (χ1) is 16.0. The van der Waals surface area contributed by atoms with Gasteiger partial charge in [-0.05, 0) is 25.0 Å². The molecule has 2 aliphatic rings. The SMILES string of the molecule is COc1cc(C(=O)OCC(O)CN2CCN(C(=O)C3CCCCC3)CC2)cc(OC)c1OC. The fraction of sp³-hybridized carbons (Fsp3) is 0.667. The van der Waals surface area contributed by atoms with E-state index in [9.17, 15) is 14.7 Å². The highest BCUT2D eigenvalue weighted by Gasteiger charge is 2.29. The minimum atomic E-state index is -0.823. The van der Waals surface area contributed by atoms with Gasteiger partial charge in [-0.25, -0.2) is 4.79 Å². The lowest BCUT2D eigenvalue weighted by Gasteiger charge is -2.37. The molecule has 1 heterocycles. The van der Waals surface area contributed by atoms with Gasteiger partial charge in [0.15, 0.2) is 11.5 Å². The molecule has 0 aromatic heterocycles. The van der Waals surface area contributed by atoms with Gasteiger partial charge in [-0.1, -0.05) is 19.3 Å². The standard InChI is InChI=1S/C24H36N2O7/c1-30-20-13-18(14-21(31-2)22(20)32-3)24(29)33-16-19(27)15-25-9-11-26(12-10-25)23(28)17-7-5-4-6-8-17/h13-14,17,19,27H,4-12,15-16H2,1-3H3. The zero-order valence-corrected chi connectivity index (χ0v) is 19.9. The highest BCUT2D eigenvalue weighted by Crippen LogP contribution is 2.38. The molecule has 0 radical (unpaired) electrons. The average Bonchev–Trinajstić information content (AvgIpc) is 2.86. The molecule has 9 nitrogen and oxygen atoms in total. The van der Waals surface area contributed by atoms with Crippen molar-refractivity contribution in [3.05, 3.63) is 17.7 Å². The van der Waals surface area contributed by atoms with Crippen LogP contribution in [-0.2, 0) is 9.53 Å². The topological polar surface area (TPSA) is 97.8 Å². The molecule has 0 bridgehead atoms. The molecule has 1 aromatic carbocycles. The molecule has 1 N–H and O–H groups in total. The molecule has 1 aromatic rings. The van der Waals surface area contributed by atoms with Crippen LogP contribution in [0.1, 0.15) is 42.5 Å².